The van der Waals surface area contributed by atoms with Crippen molar-refractivity contribution in [2.24, 2.45) is 0 Å². The number of aromatic nitrogens is 5. The molecule has 0 bridgehead atoms. The van der Waals surface area contributed by atoms with Crippen molar-refractivity contribution in [1.29, 1.82) is 0 Å². The van der Waals surface area contributed by atoms with Crippen molar-refractivity contribution in [3.8, 4) is 11.5 Å². The number of nitrogens with one attached hydrogen (secondary N) is 1. The highest BCUT2D eigenvalue weighted by Gasteiger charge is 2.09. The minimum atomic E-state index is 0.532. The number of benzene rings is 1. The van der Waals surface area contributed by atoms with Crippen molar-refractivity contribution in [1.82, 2.24) is 25.4 Å². The smallest absolute Gasteiger partial charge is 0.247 e. The standard InChI is InChI=1S/C17H20N6O/c1-3-13-14(4-2)20-23-17(19-13)18-11-10-15-21-22-16(24-15)12-8-6-5-7-9-12/h5-9H,3-4,10-11H2,1-2H3,(H,18,19,23). The molecule has 0 aliphatic carbocycles. The first-order chi connectivity index (χ1) is 11.8. The Hall–Kier alpha value is -2.83. The van der Waals surface area contributed by atoms with Crippen LogP contribution in [-0.2, 0) is 19.3 Å². The topological polar surface area (TPSA) is 89.6 Å². The Bertz CT molecular complexity index is 787. The molecule has 0 aliphatic rings. The molecule has 0 unspecified atom stereocenters. The van der Waals surface area contributed by atoms with E-state index in [0.29, 0.717) is 30.7 Å². The Labute approximate surface area is 140 Å². The fraction of sp³-hybridized carbons (Fsp3) is 0.353. The van der Waals surface area contributed by atoms with Gasteiger partial charge in [0, 0.05) is 18.5 Å². The van der Waals surface area contributed by atoms with Crippen molar-refractivity contribution >= 4 is 5.95 Å². The molecule has 7 nitrogen and oxygen atoms in total. The summed E-state index contributed by atoms with van der Waals surface area (Å²) in [6, 6.07) is 9.72. The lowest BCUT2D eigenvalue weighted by molar-refractivity contribution is 0.509. The number of hydrogen-bond donors (Lipinski definition) is 1. The van der Waals surface area contributed by atoms with E-state index in [2.05, 4.69) is 44.5 Å². The predicted molar refractivity (Wildman–Crippen MR) is 90.5 cm³/mol. The van der Waals surface area contributed by atoms with Gasteiger partial charge in [-0.3, -0.25) is 0 Å². The highest BCUT2D eigenvalue weighted by Crippen LogP contribution is 2.17. The summed E-state index contributed by atoms with van der Waals surface area (Å²) in [4.78, 5) is 4.49. The molecule has 3 aromatic rings. The Morgan fingerprint density at radius 3 is 2.46 bits per heavy atom. The summed E-state index contributed by atoms with van der Waals surface area (Å²) in [6.45, 7) is 4.72. The summed E-state index contributed by atoms with van der Waals surface area (Å²) in [6.07, 6.45) is 2.28. The third-order valence-electron chi connectivity index (χ3n) is 3.62. The second kappa shape index (κ2) is 7.63. The molecule has 124 valence electrons. The number of nitrogens with zero attached hydrogens (tertiary/aromatic N) is 5. The lowest BCUT2D eigenvalue weighted by Crippen LogP contribution is -2.12. The molecule has 1 N–H and O–H groups in total. The number of hydrogen-bond acceptors (Lipinski definition) is 7. The molecule has 2 heterocycles. The SMILES string of the molecule is CCc1nnc(NCCc2nnc(-c3ccccc3)o2)nc1CC. The van der Waals surface area contributed by atoms with E-state index in [1.807, 2.05) is 30.3 Å². The van der Waals surface area contributed by atoms with Gasteiger partial charge in [-0.15, -0.1) is 15.3 Å². The van der Waals surface area contributed by atoms with E-state index in [9.17, 15) is 0 Å². The van der Waals surface area contributed by atoms with Gasteiger partial charge in [-0.05, 0) is 25.0 Å². The first-order valence-corrected chi connectivity index (χ1v) is 8.14. The average molecular weight is 324 g/mol. The zero-order valence-corrected chi connectivity index (χ0v) is 13.9. The first-order valence-electron chi connectivity index (χ1n) is 8.14. The van der Waals surface area contributed by atoms with Crippen LogP contribution in [0.2, 0.25) is 0 Å². The molecular formula is C17H20N6O. The Kier molecular flexibility index (Phi) is 5.10. The minimum Gasteiger partial charge on any atom is -0.421 e. The van der Waals surface area contributed by atoms with Gasteiger partial charge in [-0.1, -0.05) is 32.0 Å². The predicted octanol–water partition coefficient (Wildman–Crippen LogP) is 2.70. The van der Waals surface area contributed by atoms with Crippen LogP contribution in [0.1, 0.15) is 31.1 Å². The van der Waals surface area contributed by atoms with Crippen LogP contribution in [0.15, 0.2) is 34.7 Å². The third kappa shape index (κ3) is 3.73. The van der Waals surface area contributed by atoms with E-state index in [0.717, 1.165) is 29.8 Å². The fourth-order valence-electron chi connectivity index (χ4n) is 2.35. The Morgan fingerprint density at radius 2 is 1.71 bits per heavy atom. The highest BCUT2D eigenvalue weighted by atomic mass is 16.4. The second-order valence-electron chi connectivity index (χ2n) is 5.28. The molecule has 0 saturated heterocycles. The Morgan fingerprint density at radius 1 is 0.917 bits per heavy atom. The number of rotatable bonds is 7. The van der Waals surface area contributed by atoms with Crippen LogP contribution >= 0.6 is 0 Å². The van der Waals surface area contributed by atoms with E-state index in [1.165, 1.54) is 0 Å². The van der Waals surface area contributed by atoms with Crippen LogP contribution in [0.5, 0.6) is 0 Å². The quantitative estimate of drug-likeness (QED) is 0.714. The molecule has 0 aliphatic heterocycles. The van der Waals surface area contributed by atoms with Crippen LogP contribution in [0.25, 0.3) is 11.5 Å². The van der Waals surface area contributed by atoms with Gasteiger partial charge in [0.25, 0.3) is 0 Å². The zero-order chi connectivity index (χ0) is 16.8. The molecule has 1 aromatic carbocycles. The van der Waals surface area contributed by atoms with Crippen molar-refractivity contribution in [3.05, 3.63) is 47.6 Å². The molecule has 0 saturated carbocycles. The van der Waals surface area contributed by atoms with Crippen molar-refractivity contribution in [3.63, 3.8) is 0 Å². The van der Waals surface area contributed by atoms with E-state index < -0.39 is 0 Å². The molecule has 0 fully saturated rings. The monoisotopic (exact) mass is 324 g/mol. The van der Waals surface area contributed by atoms with Gasteiger partial charge in [-0.25, -0.2) is 4.98 Å². The highest BCUT2D eigenvalue weighted by molar-refractivity contribution is 5.51. The molecule has 0 radical (unpaired) electrons. The maximum absolute atomic E-state index is 5.67. The third-order valence-corrected chi connectivity index (χ3v) is 3.62. The molecule has 0 atom stereocenters. The van der Waals surface area contributed by atoms with E-state index in [4.69, 9.17) is 4.42 Å². The largest absolute Gasteiger partial charge is 0.421 e. The number of aryl methyl sites for hydroxylation is 2. The van der Waals surface area contributed by atoms with Gasteiger partial charge >= 0.3 is 0 Å². The van der Waals surface area contributed by atoms with Crippen LogP contribution in [-0.4, -0.2) is 31.9 Å². The fourth-order valence-corrected chi connectivity index (χ4v) is 2.35. The van der Waals surface area contributed by atoms with Crippen LogP contribution < -0.4 is 5.32 Å². The molecule has 0 amide bonds. The molecule has 2 aromatic heterocycles. The molecule has 24 heavy (non-hydrogen) atoms. The summed E-state index contributed by atoms with van der Waals surface area (Å²) in [5, 5.41) is 19.6. The van der Waals surface area contributed by atoms with Gasteiger partial charge in [0.05, 0.1) is 11.4 Å². The Balaban J connectivity index is 1.58. The normalized spacial score (nSPS) is 10.8. The van der Waals surface area contributed by atoms with Crippen molar-refractivity contribution < 1.29 is 4.42 Å². The van der Waals surface area contributed by atoms with Crippen LogP contribution in [0, 0.1) is 0 Å². The average Bonchev–Trinajstić information content (AvgIpc) is 3.11. The summed E-state index contributed by atoms with van der Waals surface area (Å²) in [5.41, 5.74) is 2.85. The van der Waals surface area contributed by atoms with Gasteiger partial charge in [0.2, 0.25) is 17.7 Å². The summed E-state index contributed by atoms with van der Waals surface area (Å²) in [7, 11) is 0. The van der Waals surface area contributed by atoms with Crippen molar-refractivity contribution in [2.75, 3.05) is 11.9 Å². The van der Waals surface area contributed by atoms with Crippen molar-refractivity contribution in [2.45, 2.75) is 33.1 Å². The summed E-state index contributed by atoms with van der Waals surface area (Å²) >= 11 is 0. The number of anilines is 1. The van der Waals surface area contributed by atoms with Gasteiger partial charge < -0.3 is 9.73 Å². The summed E-state index contributed by atoms with van der Waals surface area (Å²) in [5.74, 6) is 1.64. The van der Waals surface area contributed by atoms with Crippen LogP contribution in [0.3, 0.4) is 0 Å². The maximum atomic E-state index is 5.67. The second-order valence-corrected chi connectivity index (χ2v) is 5.28. The van der Waals surface area contributed by atoms with E-state index in [-0.39, 0.29) is 0 Å². The van der Waals surface area contributed by atoms with E-state index >= 15 is 0 Å². The van der Waals surface area contributed by atoms with Gasteiger partial charge in [0.1, 0.15) is 0 Å². The van der Waals surface area contributed by atoms with Gasteiger partial charge in [0.15, 0.2) is 0 Å². The first kappa shape index (κ1) is 16.0. The molecule has 7 heteroatoms. The molecule has 3 rings (SSSR count). The minimum absolute atomic E-state index is 0.532. The maximum Gasteiger partial charge on any atom is 0.247 e. The zero-order valence-electron chi connectivity index (χ0n) is 13.9. The van der Waals surface area contributed by atoms with E-state index in [1.54, 1.807) is 0 Å². The van der Waals surface area contributed by atoms with Gasteiger partial charge in [-0.2, -0.15) is 5.10 Å². The lowest BCUT2D eigenvalue weighted by Gasteiger charge is -2.06. The lowest BCUT2D eigenvalue weighted by atomic mass is 10.2. The van der Waals surface area contributed by atoms with Crippen LogP contribution in [0.4, 0.5) is 5.95 Å². The summed E-state index contributed by atoms with van der Waals surface area (Å²) < 4.78 is 5.67. The molecule has 0 spiro atoms. The molecular weight excluding hydrogens is 304 g/mol.